The molecule has 7 heteroatoms. The first-order valence-corrected chi connectivity index (χ1v) is 15.7. The number of aliphatic hydroxyl groups is 1. The quantitative estimate of drug-likeness (QED) is 0.518. The molecule has 2 saturated heterocycles. The van der Waals surface area contributed by atoms with Gasteiger partial charge in [0.1, 0.15) is 5.60 Å². The Morgan fingerprint density at radius 3 is 2.35 bits per heavy atom. The molecule has 6 nitrogen and oxygen atoms in total. The number of likely N-dealkylation sites (tertiary alicyclic amines) is 1. The molecule has 1 aromatic carbocycles. The van der Waals surface area contributed by atoms with Gasteiger partial charge >= 0.3 is 6.09 Å². The first-order valence-electron chi connectivity index (χ1n) is 12.7. The Balaban J connectivity index is 1.87. The maximum atomic E-state index is 13.4. The topological polar surface area (TPSA) is 62.2 Å². The Bertz CT molecular complexity index is 833. The van der Waals surface area contributed by atoms with Crippen LogP contribution >= 0.6 is 0 Å². The average molecular weight is 491 g/mol. The summed E-state index contributed by atoms with van der Waals surface area (Å²) in [5.74, 6) is 0. The van der Waals surface area contributed by atoms with E-state index in [2.05, 4.69) is 63.0 Å². The highest BCUT2D eigenvalue weighted by molar-refractivity contribution is 6.74. The Hall–Kier alpha value is -1.41. The highest BCUT2D eigenvalue weighted by Gasteiger charge is 2.57. The molecule has 2 heterocycles. The molecule has 192 valence electrons. The molecule has 2 aliphatic heterocycles. The molecule has 0 aliphatic carbocycles. The fraction of sp³-hybridized carbons (Fsp3) is 0.741. The van der Waals surface area contributed by atoms with Crippen molar-refractivity contribution in [3.63, 3.8) is 0 Å². The number of piperazine rings is 1. The Morgan fingerprint density at radius 2 is 1.79 bits per heavy atom. The second-order valence-corrected chi connectivity index (χ2v) is 17.5. The molecular formula is C27H46N2O4Si. The zero-order valence-electron chi connectivity index (χ0n) is 22.6. The molecule has 2 bridgehead atoms. The van der Waals surface area contributed by atoms with Crippen molar-refractivity contribution in [3.05, 3.63) is 35.9 Å². The van der Waals surface area contributed by atoms with Gasteiger partial charge in [0, 0.05) is 25.7 Å². The summed E-state index contributed by atoms with van der Waals surface area (Å²) >= 11 is 0. The summed E-state index contributed by atoms with van der Waals surface area (Å²) in [6.45, 7) is 19.1. The van der Waals surface area contributed by atoms with Crippen LogP contribution in [-0.2, 0) is 15.7 Å². The molecule has 2 fully saturated rings. The number of fused-ring (bicyclic) bond motifs is 2. The van der Waals surface area contributed by atoms with Crippen molar-refractivity contribution in [3.8, 4) is 0 Å². The second-order valence-electron chi connectivity index (χ2n) is 12.7. The number of ether oxygens (including phenoxy) is 1. The molecule has 1 N–H and O–H groups in total. The van der Waals surface area contributed by atoms with Gasteiger partial charge in [-0.2, -0.15) is 0 Å². The molecule has 1 amide bonds. The lowest BCUT2D eigenvalue weighted by molar-refractivity contribution is -0.0757. The number of nitrogens with zero attached hydrogens (tertiary/aromatic N) is 2. The molecular weight excluding hydrogens is 444 g/mol. The van der Waals surface area contributed by atoms with Crippen molar-refractivity contribution in [2.45, 2.75) is 109 Å². The van der Waals surface area contributed by atoms with Gasteiger partial charge in [0.2, 0.25) is 0 Å². The number of amides is 1. The average Bonchev–Trinajstić information content (AvgIpc) is 3.02. The summed E-state index contributed by atoms with van der Waals surface area (Å²) in [7, 11) is -1.86. The van der Waals surface area contributed by atoms with Crippen molar-refractivity contribution in [1.29, 1.82) is 0 Å². The summed E-state index contributed by atoms with van der Waals surface area (Å²) < 4.78 is 12.4. The van der Waals surface area contributed by atoms with Gasteiger partial charge in [-0.05, 0) is 63.7 Å². The summed E-state index contributed by atoms with van der Waals surface area (Å²) in [6, 6.07) is 10.6. The Kier molecular flexibility index (Phi) is 7.93. The van der Waals surface area contributed by atoms with E-state index in [-0.39, 0.29) is 29.8 Å². The minimum Gasteiger partial charge on any atom is -0.444 e. The SMILES string of the molecule is CC(C)(C)OC(=O)N1[C@H]2CC[C@]1(CO)CN(Cc1ccccc1)[C@@H]2CCO[Si](C)(C)C(C)(C)C. The van der Waals surface area contributed by atoms with E-state index in [0.29, 0.717) is 13.2 Å². The van der Waals surface area contributed by atoms with E-state index in [1.54, 1.807) is 0 Å². The van der Waals surface area contributed by atoms with E-state index in [1.165, 1.54) is 5.56 Å². The van der Waals surface area contributed by atoms with Gasteiger partial charge in [0.15, 0.2) is 8.32 Å². The van der Waals surface area contributed by atoms with E-state index in [9.17, 15) is 9.90 Å². The minimum atomic E-state index is -1.86. The van der Waals surface area contributed by atoms with Gasteiger partial charge in [0.25, 0.3) is 0 Å². The Labute approximate surface area is 207 Å². The maximum absolute atomic E-state index is 13.4. The predicted molar refractivity (Wildman–Crippen MR) is 139 cm³/mol. The van der Waals surface area contributed by atoms with E-state index in [1.807, 2.05) is 31.7 Å². The standard InChI is InChI=1S/C27H46N2O4Si/c1-25(2,3)33-24(31)29-23-14-16-27(29,20-30)19-28(18-21-12-10-9-11-13-21)22(23)15-17-32-34(7,8)26(4,5)6/h9-13,22-23,30H,14-20H2,1-8H3/t22-,23+,27-/m1/s1. The second kappa shape index (κ2) is 9.92. The number of aliphatic hydroxyl groups excluding tert-OH is 1. The van der Waals surface area contributed by atoms with Crippen LogP contribution < -0.4 is 0 Å². The van der Waals surface area contributed by atoms with Gasteiger partial charge < -0.3 is 14.3 Å². The minimum absolute atomic E-state index is 0.00229. The van der Waals surface area contributed by atoms with Crippen LogP contribution in [0.2, 0.25) is 18.1 Å². The van der Waals surface area contributed by atoms with Crippen molar-refractivity contribution in [2.24, 2.45) is 0 Å². The molecule has 0 radical (unpaired) electrons. The van der Waals surface area contributed by atoms with Crippen LogP contribution in [0.25, 0.3) is 0 Å². The molecule has 1 aromatic rings. The van der Waals surface area contributed by atoms with Crippen molar-refractivity contribution in [2.75, 3.05) is 19.8 Å². The monoisotopic (exact) mass is 490 g/mol. The molecule has 0 spiro atoms. The summed E-state index contributed by atoms with van der Waals surface area (Å²) in [6.07, 6.45) is 2.21. The summed E-state index contributed by atoms with van der Waals surface area (Å²) in [5, 5.41) is 10.7. The molecule has 2 aliphatic rings. The van der Waals surface area contributed by atoms with Crippen LogP contribution in [0.3, 0.4) is 0 Å². The lowest BCUT2D eigenvalue weighted by Crippen LogP contribution is -2.68. The molecule has 0 saturated carbocycles. The van der Waals surface area contributed by atoms with Crippen molar-refractivity contribution >= 4 is 14.4 Å². The molecule has 3 rings (SSSR count). The van der Waals surface area contributed by atoms with Gasteiger partial charge in [-0.15, -0.1) is 0 Å². The normalized spacial score (nSPS) is 26.1. The smallest absolute Gasteiger partial charge is 0.411 e. The van der Waals surface area contributed by atoms with Crippen LogP contribution in [0.5, 0.6) is 0 Å². The highest BCUT2D eigenvalue weighted by atomic mass is 28.4. The van der Waals surface area contributed by atoms with Crippen molar-refractivity contribution in [1.82, 2.24) is 9.80 Å². The van der Waals surface area contributed by atoms with Gasteiger partial charge in [-0.1, -0.05) is 51.1 Å². The fourth-order valence-electron chi connectivity index (χ4n) is 5.14. The number of rotatable bonds is 7. The van der Waals surface area contributed by atoms with Crippen LogP contribution in [0.1, 0.15) is 66.4 Å². The number of hydrogen-bond acceptors (Lipinski definition) is 5. The van der Waals surface area contributed by atoms with Gasteiger partial charge in [-0.3, -0.25) is 9.80 Å². The number of carbonyl (C=O) groups excluding carboxylic acids is 1. The van der Waals surface area contributed by atoms with E-state index >= 15 is 0 Å². The van der Waals surface area contributed by atoms with Crippen LogP contribution in [0.15, 0.2) is 30.3 Å². The number of benzene rings is 1. The lowest BCUT2D eigenvalue weighted by atomic mass is 9.93. The number of carbonyl (C=O) groups is 1. The molecule has 3 atom stereocenters. The molecule has 0 aromatic heterocycles. The maximum Gasteiger partial charge on any atom is 0.411 e. The third-order valence-corrected chi connectivity index (χ3v) is 12.5. The van der Waals surface area contributed by atoms with E-state index < -0.39 is 19.5 Å². The van der Waals surface area contributed by atoms with E-state index in [4.69, 9.17) is 9.16 Å². The Morgan fingerprint density at radius 1 is 1.15 bits per heavy atom. The fourth-order valence-corrected chi connectivity index (χ4v) is 6.20. The molecule has 34 heavy (non-hydrogen) atoms. The largest absolute Gasteiger partial charge is 0.444 e. The summed E-state index contributed by atoms with van der Waals surface area (Å²) in [5.41, 5.74) is 0.0735. The van der Waals surface area contributed by atoms with E-state index in [0.717, 1.165) is 25.8 Å². The van der Waals surface area contributed by atoms with Crippen LogP contribution in [0, 0.1) is 0 Å². The number of hydrogen-bond donors (Lipinski definition) is 1. The van der Waals surface area contributed by atoms with Crippen LogP contribution in [-0.4, -0.2) is 72.3 Å². The molecule has 0 unspecified atom stereocenters. The zero-order chi connectivity index (χ0) is 25.4. The first kappa shape index (κ1) is 27.2. The highest BCUT2D eigenvalue weighted by Crippen LogP contribution is 2.44. The third kappa shape index (κ3) is 5.86. The van der Waals surface area contributed by atoms with Gasteiger partial charge in [-0.25, -0.2) is 4.79 Å². The third-order valence-electron chi connectivity index (χ3n) is 7.95. The van der Waals surface area contributed by atoms with Gasteiger partial charge in [0.05, 0.1) is 18.2 Å². The zero-order valence-corrected chi connectivity index (χ0v) is 23.6. The van der Waals surface area contributed by atoms with Crippen molar-refractivity contribution < 1.29 is 19.1 Å². The first-order chi connectivity index (χ1) is 15.7. The van der Waals surface area contributed by atoms with Crippen LogP contribution in [0.4, 0.5) is 4.79 Å². The summed E-state index contributed by atoms with van der Waals surface area (Å²) in [4.78, 5) is 17.7. The predicted octanol–water partition coefficient (Wildman–Crippen LogP) is 5.41. The lowest BCUT2D eigenvalue weighted by Gasteiger charge is -2.52.